The highest BCUT2D eigenvalue weighted by Gasteiger charge is 2.49. The van der Waals surface area contributed by atoms with Gasteiger partial charge in [-0.1, -0.05) is 0 Å². The molecule has 0 aliphatic heterocycles. The molecule has 0 bridgehead atoms. The summed E-state index contributed by atoms with van der Waals surface area (Å²) in [7, 11) is 1.71. The minimum Gasteiger partial charge on any atom is -0.481 e. The average Bonchev–Trinajstić information content (AvgIpc) is 3.17. The minimum atomic E-state index is -0.877. The number of aromatic nitrogens is 1. The molecule has 1 amide bonds. The van der Waals surface area contributed by atoms with Crippen LogP contribution in [0, 0.1) is 11.8 Å². The smallest absolute Gasteiger partial charge is 0.307 e. The van der Waals surface area contributed by atoms with Gasteiger partial charge < -0.3 is 10.0 Å². The van der Waals surface area contributed by atoms with Crippen LogP contribution in [0.4, 0.5) is 0 Å². The maximum atomic E-state index is 12.1. The largest absolute Gasteiger partial charge is 0.481 e. The van der Waals surface area contributed by atoms with Gasteiger partial charge >= 0.3 is 5.97 Å². The van der Waals surface area contributed by atoms with Crippen LogP contribution in [0.2, 0.25) is 0 Å². The number of amides is 1. The predicted molar refractivity (Wildman–Crippen MR) is 64.7 cm³/mol. The van der Waals surface area contributed by atoms with Gasteiger partial charge in [0.25, 0.3) is 0 Å². The Labute approximate surface area is 105 Å². The maximum absolute atomic E-state index is 12.1. The zero-order valence-corrected chi connectivity index (χ0v) is 10.4. The van der Waals surface area contributed by atoms with Crippen molar-refractivity contribution >= 4 is 11.9 Å². The highest BCUT2D eigenvalue weighted by atomic mass is 16.4. The fraction of sp³-hybridized carbons (Fsp3) is 0.462. The van der Waals surface area contributed by atoms with Crippen LogP contribution in [0.15, 0.2) is 24.5 Å². The number of hydrogen-bond acceptors (Lipinski definition) is 3. The number of nitrogens with zero attached hydrogens (tertiary/aromatic N) is 2. The second-order valence-electron chi connectivity index (χ2n) is 4.69. The number of rotatable bonds is 4. The molecule has 1 saturated carbocycles. The lowest BCUT2D eigenvalue weighted by Gasteiger charge is -2.25. The predicted octanol–water partition coefficient (Wildman–Crippen LogP) is 1.32. The molecule has 0 spiro atoms. The van der Waals surface area contributed by atoms with Crippen molar-refractivity contribution in [1.82, 2.24) is 9.88 Å². The fourth-order valence-electron chi connectivity index (χ4n) is 2.06. The lowest BCUT2D eigenvalue weighted by molar-refractivity contribution is -0.142. The molecule has 2 rings (SSSR count). The van der Waals surface area contributed by atoms with Crippen LogP contribution in [0.1, 0.15) is 24.9 Å². The molecular weight excluding hydrogens is 232 g/mol. The number of carbonyl (C=O) groups excluding carboxylic acids is 1. The van der Waals surface area contributed by atoms with Crippen LogP contribution in [0.5, 0.6) is 0 Å². The standard InChI is InChI=1S/C13H16N2O3/c1-8(9-3-5-14-6-4-9)15(2)12(16)10-7-11(10)13(17)18/h3-6,8,10-11H,7H2,1-2H3,(H,17,18)/t8?,10-,11+/m1/s1. The normalized spacial score (nSPS) is 23.2. The summed E-state index contributed by atoms with van der Waals surface area (Å²) < 4.78 is 0. The molecule has 0 aromatic carbocycles. The Morgan fingerprint density at radius 1 is 1.39 bits per heavy atom. The molecular formula is C13H16N2O3. The lowest BCUT2D eigenvalue weighted by Crippen LogP contribution is -2.31. The molecule has 1 aromatic heterocycles. The zero-order chi connectivity index (χ0) is 13.3. The van der Waals surface area contributed by atoms with Gasteiger partial charge in [-0.25, -0.2) is 0 Å². The number of carbonyl (C=O) groups is 2. The van der Waals surface area contributed by atoms with Gasteiger partial charge in [0.05, 0.1) is 17.9 Å². The molecule has 5 heteroatoms. The first-order valence-electron chi connectivity index (χ1n) is 5.91. The van der Waals surface area contributed by atoms with Crippen LogP contribution in [0.25, 0.3) is 0 Å². The fourth-order valence-corrected chi connectivity index (χ4v) is 2.06. The quantitative estimate of drug-likeness (QED) is 0.872. The van der Waals surface area contributed by atoms with E-state index in [2.05, 4.69) is 4.98 Å². The molecule has 1 N–H and O–H groups in total. The molecule has 0 radical (unpaired) electrons. The third kappa shape index (κ3) is 2.34. The molecule has 96 valence electrons. The van der Waals surface area contributed by atoms with Gasteiger partial charge in [0, 0.05) is 19.4 Å². The van der Waals surface area contributed by atoms with Crippen molar-refractivity contribution in [3.05, 3.63) is 30.1 Å². The number of pyridine rings is 1. The van der Waals surface area contributed by atoms with E-state index in [-0.39, 0.29) is 17.9 Å². The third-order valence-corrected chi connectivity index (χ3v) is 3.54. The van der Waals surface area contributed by atoms with E-state index in [1.807, 2.05) is 19.1 Å². The molecule has 1 heterocycles. The summed E-state index contributed by atoms with van der Waals surface area (Å²) in [5, 5.41) is 8.83. The Hall–Kier alpha value is -1.91. The van der Waals surface area contributed by atoms with E-state index in [4.69, 9.17) is 5.11 Å². The van der Waals surface area contributed by atoms with Crippen molar-refractivity contribution in [3.8, 4) is 0 Å². The summed E-state index contributed by atoms with van der Waals surface area (Å²) in [6.45, 7) is 1.92. The van der Waals surface area contributed by atoms with Gasteiger partial charge in [-0.05, 0) is 31.0 Å². The lowest BCUT2D eigenvalue weighted by atomic mass is 10.1. The molecule has 1 fully saturated rings. The molecule has 1 unspecified atom stereocenters. The van der Waals surface area contributed by atoms with Crippen molar-refractivity contribution in [2.24, 2.45) is 11.8 Å². The van der Waals surface area contributed by atoms with Crippen LogP contribution >= 0.6 is 0 Å². The SMILES string of the molecule is CC(c1ccncc1)N(C)C(=O)[C@@H]1C[C@@H]1C(=O)O. The van der Waals surface area contributed by atoms with E-state index in [0.717, 1.165) is 5.56 Å². The van der Waals surface area contributed by atoms with Gasteiger partial charge in [-0.2, -0.15) is 0 Å². The van der Waals surface area contributed by atoms with E-state index < -0.39 is 11.9 Å². The summed E-state index contributed by atoms with van der Waals surface area (Å²) >= 11 is 0. The molecule has 18 heavy (non-hydrogen) atoms. The van der Waals surface area contributed by atoms with Crippen LogP contribution in [-0.4, -0.2) is 33.9 Å². The van der Waals surface area contributed by atoms with Crippen LogP contribution in [-0.2, 0) is 9.59 Å². The first kappa shape index (κ1) is 12.5. The Bertz CT molecular complexity index is 461. The Balaban J connectivity index is 2.02. The summed E-state index contributed by atoms with van der Waals surface area (Å²) in [4.78, 5) is 28.4. The average molecular weight is 248 g/mol. The van der Waals surface area contributed by atoms with Crippen molar-refractivity contribution < 1.29 is 14.7 Å². The van der Waals surface area contributed by atoms with Gasteiger partial charge in [0.1, 0.15) is 0 Å². The minimum absolute atomic E-state index is 0.0736. The first-order chi connectivity index (χ1) is 8.52. The van der Waals surface area contributed by atoms with Crippen LogP contribution in [0.3, 0.4) is 0 Å². The Kier molecular flexibility index (Phi) is 3.32. The Morgan fingerprint density at radius 2 is 2.00 bits per heavy atom. The van der Waals surface area contributed by atoms with Gasteiger partial charge in [0.15, 0.2) is 0 Å². The monoisotopic (exact) mass is 248 g/mol. The number of hydrogen-bond donors (Lipinski definition) is 1. The second-order valence-corrected chi connectivity index (χ2v) is 4.69. The Morgan fingerprint density at radius 3 is 2.50 bits per heavy atom. The molecule has 0 saturated heterocycles. The number of carboxylic acid groups (broad SMARTS) is 1. The van der Waals surface area contributed by atoms with E-state index in [1.165, 1.54) is 0 Å². The van der Waals surface area contributed by atoms with Crippen molar-refractivity contribution in [2.45, 2.75) is 19.4 Å². The molecule has 1 aliphatic rings. The van der Waals surface area contributed by atoms with E-state index in [1.54, 1.807) is 24.3 Å². The van der Waals surface area contributed by atoms with E-state index in [9.17, 15) is 9.59 Å². The summed E-state index contributed by atoms with van der Waals surface area (Å²) in [6, 6.07) is 3.64. The summed E-state index contributed by atoms with van der Waals surface area (Å²) in [5.74, 6) is -1.81. The molecule has 5 nitrogen and oxygen atoms in total. The second kappa shape index (κ2) is 4.76. The van der Waals surface area contributed by atoms with Gasteiger partial charge in [0.2, 0.25) is 5.91 Å². The van der Waals surface area contributed by atoms with E-state index >= 15 is 0 Å². The third-order valence-electron chi connectivity index (χ3n) is 3.54. The highest BCUT2D eigenvalue weighted by Crippen LogP contribution is 2.41. The maximum Gasteiger partial charge on any atom is 0.307 e. The summed E-state index contributed by atoms with van der Waals surface area (Å²) in [5.41, 5.74) is 0.994. The van der Waals surface area contributed by atoms with Gasteiger partial charge in [-0.3, -0.25) is 14.6 Å². The molecule has 1 aliphatic carbocycles. The van der Waals surface area contributed by atoms with Crippen molar-refractivity contribution in [1.29, 1.82) is 0 Å². The zero-order valence-electron chi connectivity index (χ0n) is 10.4. The van der Waals surface area contributed by atoms with Crippen LogP contribution < -0.4 is 0 Å². The molecule has 1 aromatic rings. The first-order valence-corrected chi connectivity index (χ1v) is 5.91. The topological polar surface area (TPSA) is 70.5 Å². The van der Waals surface area contributed by atoms with E-state index in [0.29, 0.717) is 6.42 Å². The summed E-state index contributed by atoms with van der Waals surface area (Å²) in [6.07, 6.45) is 3.82. The number of carboxylic acids is 1. The number of aliphatic carboxylic acids is 1. The molecule has 3 atom stereocenters. The van der Waals surface area contributed by atoms with Crippen molar-refractivity contribution in [3.63, 3.8) is 0 Å². The van der Waals surface area contributed by atoms with Crippen molar-refractivity contribution in [2.75, 3.05) is 7.05 Å². The van der Waals surface area contributed by atoms with Gasteiger partial charge in [-0.15, -0.1) is 0 Å². The highest BCUT2D eigenvalue weighted by molar-refractivity contribution is 5.89.